The van der Waals surface area contributed by atoms with Crippen LogP contribution in [0.2, 0.25) is 0 Å². The molecule has 0 saturated heterocycles. The zero-order valence-electron chi connectivity index (χ0n) is 12.8. The fourth-order valence-corrected chi connectivity index (χ4v) is 1.92. The summed E-state index contributed by atoms with van der Waals surface area (Å²) < 4.78 is 4.60. The van der Waals surface area contributed by atoms with Crippen LogP contribution >= 0.6 is 0 Å². The minimum atomic E-state index is -0.559. The summed E-state index contributed by atoms with van der Waals surface area (Å²) in [5.41, 5.74) is 1.67. The number of carbonyl (C=O) groups is 2. The van der Waals surface area contributed by atoms with Gasteiger partial charge < -0.3 is 15.2 Å². The largest absolute Gasteiger partial charge is 0.469 e. The predicted molar refractivity (Wildman–Crippen MR) is 80.2 cm³/mol. The molecule has 0 amide bonds. The first-order valence-corrected chi connectivity index (χ1v) is 7.03. The molecule has 5 heteroatoms. The number of nitrogens with one attached hydrogen (secondary N) is 1. The van der Waals surface area contributed by atoms with Gasteiger partial charge in [0.2, 0.25) is 0 Å². The van der Waals surface area contributed by atoms with Crippen molar-refractivity contribution in [1.82, 2.24) is 5.32 Å². The first-order valence-electron chi connectivity index (χ1n) is 7.03. The van der Waals surface area contributed by atoms with E-state index in [4.69, 9.17) is 0 Å². The fraction of sp³-hybridized carbons (Fsp3) is 0.500. The first kappa shape index (κ1) is 17.3. The van der Waals surface area contributed by atoms with E-state index >= 15 is 0 Å². The fourth-order valence-electron chi connectivity index (χ4n) is 1.92. The standard InChI is InChI=1S/C16H23NO4/c1-11-4-6-13(7-5-11)16(20)14(17-10-12(2)18)8-9-15(19)21-3/h4-7,12,14,17-18H,8-10H2,1-3H3. The van der Waals surface area contributed by atoms with Crippen molar-refractivity contribution in [1.29, 1.82) is 0 Å². The lowest BCUT2D eigenvalue weighted by Gasteiger charge is -2.18. The monoisotopic (exact) mass is 293 g/mol. The average molecular weight is 293 g/mol. The van der Waals surface area contributed by atoms with E-state index in [-0.39, 0.29) is 18.2 Å². The van der Waals surface area contributed by atoms with Crippen molar-refractivity contribution in [3.63, 3.8) is 0 Å². The summed E-state index contributed by atoms with van der Waals surface area (Å²) >= 11 is 0. The number of ketones is 1. The van der Waals surface area contributed by atoms with Crippen LogP contribution in [0.15, 0.2) is 24.3 Å². The molecule has 0 saturated carbocycles. The van der Waals surface area contributed by atoms with Gasteiger partial charge in [-0.3, -0.25) is 9.59 Å². The lowest BCUT2D eigenvalue weighted by atomic mass is 9.99. The first-order chi connectivity index (χ1) is 9.93. The predicted octanol–water partition coefficient (Wildman–Crippen LogP) is 1.47. The van der Waals surface area contributed by atoms with Gasteiger partial charge in [-0.05, 0) is 20.3 Å². The Labute approximate surface area is 125 Å². The summed E-state index contributed by atoms with van der Waals surface area (Å²) in [5, 5.41) is 12.4. The lowest BCUT2D eigenvalue weighted by molar-refractivity contribution is -0.140. The minimum Gasteiger partial charge on any atom is -0.469 e. The molecule has 1 rings (SSSR count). The van der Waals surface area contributed by atoms with Crippen molar-refractivity contribution in [2.45, 2.75) is 38.8 Å². The Morgan fingerprint density at radius 3 is 2.43 bits per heavy atom. The van der Waals surface area contributed by atoms with E-state index in [1.165, 1.54) is 7.11 Å². The normalized spacial score (nSPS) is 13.5. The number of esters is 1. The van der Waals surface area contributed by atoms with Crippen LogP contribution in [0.5, 0.6) is 0 Å². The Bertz CT molecular complexity index is 468. The van der Waals surface area contributed by atoms with E-state index in [9.17, 15) is 14.7 Å². The highest BCUT2D eigenvalue weighted by Gasteiger charge is 2.21. The molecular weight excluding hydrogens is 270 g/mol. The third kappa shape index (κ3) is 6.06. The number of aliphatic hydroxyl groups excluding tert-OH is 1. The van der Waals surface area contributed by atoms with Crippen molar-refractivity contribution in [3.8, 4) is 0 Å². The van der Waals surface area contributed by atoms with E-state index in [1.54, 1.807) is 19.1 Å². The summed E-state index contributed by atoms with van der Waals surface area (Å²) in [6.45, 7) is 3.89. The topological polar surface area (TPSA) is 75.6 Å². The van der Waals surface area contributed by atoms with Crippen LogP contribution < -0.4 is 5.32 Å². The summed E-state index contributed by atoms with van der Waals surface area (Å²) in [4.78, 5) is 23.7. The Kier molecular flexibility index (Phi) is 7.05. The van der Waals surface area contributed by atoms with Crippen molar-refractivity contribution in [2.24, 2.45) is 0 Å². The molecule has 2 unspecified atom stereocenters. The number of ether oxygens (including phenoxy) is 1. The summed E-state index contributed by atoms with van der Waals surface area (Å²) in [6, 6.07) is 6.78. The molecule has 1 aromatic rings. The maximum atomic E-state index is 12.5. The molecule has 1 aromatic carbocycles. The van der Waals surface area contributed by atoms with Crippen molar-refractivity contribution in [2.75, 3.05) is 13.7 Å². The highest BCUT2D eigenvalue weighted by Crippen LogP contribution is 2.10. The van der Waals surface area contributed by atoms with Crippen LogP contribution in [0, 0.1) is 6.92 Å². The molecule has 2 N–H and O–H groups in total. The quantitative estimate of drug-likeness (QED) is 0.561. The van der Waals surface area contributed by atoms with Gasteiger partial charge in [0.1, 0.15) is 0 Å². The van der Waals surface area contributed by atoms with Gasteiger partial charge in [0.25, 0.3) is 0 Å². The van der Waals surface area contributed by atoms with Crippen LogP contribution in [0.4, 0.5) is 0 Å². The van der Waals surface area contributed by atoms with Gasteiger partial charge in [0.15, 0.2) is 5.78 Å². The summed E-state index contributed by atoms with van der Waals surface area (Å²) in [7, 11) is 1.32. The van der Waals surface area contributed by atoms with E-state index < -0.39 is 12.1 Å². The molecule has 0 heterocycles. The smallest absolute Gasteiger partial charge is 0.305 e. The molecule has 0 aromatic heterocycles. The second-order valence-electron chi connectivity index (χ2n) is 5.15. The molecule has 0 radical (unpaired) electrons. The highest BCUT2D eigenvalue weighted by molar-refractivity contribution is 6.00. The summed E-state index contributed by atoms with van der Waals surface area (Å²) in [5.74, 6) is -0.435. The number of hydrogen-bond donors (Lipinski definition) is 2. The molecule has 2 atom stereocenters. The van der Waals surface area contributed by atoms with Crippen molar-refractivity contribution in [3.05, 3.63) is 35.4 Å². The van der Waals surface area contributed by atoms with Gasteiger partial charge in [-0.2, -0.15) is 0 Å². The van der Waals surface area contributed by atoms with Gasteiger partial charge in [0, 0.05) is 18.5 Å². The molecule has 0 spiro atoms. The van der Waals surface area contributed by atoms with Gasteiger partial charge >= 0.3 is 5.97 Å². The number of benzene rings is 1. The average Bonchev–Trinajstić information content (AvgIpc) is 2.46. The molecule has 5 nitrogen and oxygen atoms in total. The number of hydrogen-bond acceptors (Lipinski definition) is 5. The maximum absolute atomic E-state index is 12.5. The van der Waals surface area contributed by atoms with Crippen molar-refractivity contribution >= 4 is 11.8 Å². The van der Waals surface area contributed by atoms with Crippen LogP contribution in [-0.4, -0.2) is 42.7 Å². The van der Waals surface area contributed by atoms with Crippen LogP contribution in [-0.2, 0) is 9.53 Å². The second kappa shape index (κ2) is 8.54. The molecule has 0 aliphatic heterocycles. The van der Waals surface area contributed by atoms with Crippen molar-refractivity contribution < 1.29 is 19.4 Å². The molecule has 0 aliphatic rings. The Morgan fingerprint density at radius 1 is 1.29 bits per heavy atom. The van der Waals surface area contributed by atoms with Gasteiger partial charge in [0.05, 0.1) is 19.3 Å². The number of aryl methyl sites for hydroxylation is 1. The molecule has 0 bridgehead atoms. The number of methoxy groups -OCH3 is 1. The SMILES string of the molecule is COC(=O)CCC(NCC(C)O)C(=O)c1ccc(C)cc1. The Balaban J connectivity index is 2.75. The van der Waals surface area contributed by atoms with Gasteiger partial charge in [-0.15, -0.1) is 0 Å². The van der Waals surface area contributed by atoms with Crippen LogP contribution in [0.1, 0.15) is 35.7 Å². The number of rotatable bonds is 8. The third-order valence-electron chi connectivity index (χ3n) is 3.18. The maximum Gasteiger partial charge on any atom is 0.305 e. The molecule has 0 aliphatic carbocycles. The van der Waals surface area contributed by atoms with Gasteiger partial charge in [-0.25, -0.2) is 0 Å². The Hall–Kier alpha value is -1.72. The molecule has 0 fully saturated rings. The summed E-state index contributed by atoms with van der Waals surface area (Å²) in [6.07, 6.45) is -0.0611. The molecule has 116 valence electrons. The van der Waals surface area contributed by atoms with Gasteiger partial charge in [-0.1, -0.05) is 29.8 Å². The zero-order chi connectivity index (χ0) is 15.8. The second-order valence-corrected chi connectivity index (χ2v) is 5.15. The minimum absolute atomic E-state index is 0.0837. The number of carbonyl (C=O) groups excluding carboxylic acids is 2. The number of Topliss-reactive ketones (excluding diaryl/α,β-unsaturated/α-hetero) is 1. The van der Waals surface area contributed by atoms with E-state index in [0.717, 1.165) is 5.56 Å². The zero-order valence-corrected chi connectivity index (χ0v) is 12.8. The van der Waals surface area contributed by atoms with Crippen LogP contribution in [0.3, 0.4) is 0 Å². The molecular formula is C16H23NO4. The van der Waals surface area contributed by atoms with E-state index in [2.05, 4.69) is 10.1 Å². The highest BCUT2D eigenvalue weighted by atomic mass is 16.5. The van der Waals surface area contributed by atoms with Crippen LogP contribution in [0.25, 0.3) is 0 Å². The third-order valence-corrected chi connectivity index (χ3v) is 3.18. The number of aliphatic hydroxyl groups is 1. The van der Waals surface area contributed by atoms with E-state index in [1.807, 2.05) is 19.1 Å². The lowest BCUT2D eigenvalue weighted by Crippen LogP contribution is -2.40. The Morgan fingerprint density at radius 2 is 1.90 bits per heavy atom. The molecule has 21 heavy (non-hydrogen) atoms. The van der Waals surface area contributed by atoms with E-state index in [0.29, 0.717) is 18.5 Å².